The molecule has 1 N–H and O–H groups in total. The predicted octanol–water partition coefficient (Wildman–Crippen LogP) is 3.01. The van der Waals surface area contributed by atoms with Crippen LogP contribution >= 0.6 is 0 Å². The molecule has 2 atom stereocenters. The third-order valence-electron chi connectivity index (χ3n) is 4.20. The second-order valence-corrected chi connectivity index (χ2v) is 7.81. The number of sulfone groups is 1. The van der Waals surface area contributed by atoms with E-state index < -0.39 is 9.84 Å². The third kappa shape index (κ3) is 6.19. The summed E-state index contributed by atoms with van der Waals surface area (Å²) in [6.07, 6.45) is 7.80. The Morgan fingerprint density at radius 3 is 2.17 bits per heavy atom. The largest absolute Gasteiger partial charge is 0.314 e. The van der Waals surface area contributed by atoms with Gasteiger partial charge in [-0.3, -0.25) is 0 Å². The van der Waals surface area contributed by atoms with Gasteiger partial charge >= 0.3 is 0 Å². The standard InChI is InChI=1S/C14H31NO2S/c1-6-8-9-10-14(15-4,13(3)7-2)11-12-18(5,16)17/h13,15H,6-12H2,1-5H3. The molecule has 0 aliphatic rings. The highest BCUT2D eigenvalue weighted by atomic mass is 32.2. The van der Waals surface area contributed by atoms with Crippen LogP contribution in [-0.2, 0) is 9.84 Å². The fraction of sp³-hybridized carbons (Fsp3) is 1.00. The van der Waals surface area contributed by atoms with Gasteiger partial charge in [-0.25, -0.2) is 8.42 Å². The molecule has 0 rings (SSSR count). The van der Waals surface area contributed by atoms with Crippen molar-refractivity contribution in [2.45, 2.75) is 64.8 Å². The molecule has 0 saturated carbocycles. The van der Waals surface area contributed by atoms with Crippen molar-refractivity contribution in [2.75, 3.05) is 19.1 Å². The van der Waals surface area contributed by atoms with Crippen molar-refractivity contribution in [3.63, 3.8) is 0 Å². The monoisotopic (exact) mass is 277 g/mol. The molecule has 0 radical (unpaired) electrons. The normalized spacial score (nSPS) is 17.4. The van der Waals surface area contributed by atoms with Gasteiger partial charge in [0.1, 0.15) is 9.84 Å². The molecule has 3 nitrogen and oxygen atoms in total. The van der Waals surface area contributed by atoms with Crippen LogP contribution in [0.2, 0.25) is 0 Å². The van der Waals surface area contributed by atoms with Crippen LogP contribution in [0.1, 0.15) is 59.3 Å². The van der Waals surface area contributed by atoms with Gasteiger partial charge in [-0.1, -0.05) is 46.5 Å². The maximum Gasteiger partial charge on any atom is 0.147 e. The van der Waals surface area contributed by atoms with E-state index in [0.717, 1.165) is 19.3 Å². The lowest BCUT2D eigenvalue weighted by atomic mass is 9.77. The van der Waals surface area contributed by atoms with Crippen molar-refractivity contribution in [1.82, 2.24) is 5.32 Å². The minimum Gasteiger partial charge on any atom is -0.314 e. The fourth-order valence-electron chi connectivity index (χ4n) is 2.56. The van der Waals surface area contributed by atoms with Crippen LogP contribution in [0.3, 0.4) is 0 Å². The Labute approximate surface area is 114 Å². The minimum absolute atomic E-state index is 0.0208. The zero-order valence-electron chi connectivity index (χ0n) is 12.8. The molecular weight excluding hydrogens is 246 g/mol. The van der Waals surface area contributed by atoms with E-state index in [4.69, 9.17) is 0 Å². The number of hydrogen-bond donors (Lipinski definition) is 1. The van der Waals surface area contributed by atoms with Gasteiger partial charge in [-0.05, 0) is 25.8 Å². The highest BCUT2D eigenvalue weighted by molar-refractivity contribution is 7.90. The van der Waals surface area contributed by atoms with Crippen molar-refractivity contribution < 1.29 is 8.42 Å². The molecular formula is C14H31NO2S. The molecule has 0 heterocycles. The molecule has 0 aliphatic carbocycles. The Morgan fingerprint density at radius 2 is 1.78 bits per heavy atom. The van der Waals surface area contributed by atoms with E-state index in [-0.39, 0.29) is 11.3 Å². The molecule has 4 heteroatoms. The van der Waals surface area contributed by atoms with Crippen molar-refractivity contribution in [2.24, 2.45) is 5.92 Å². The van der Waals surface area contributed by atoms with Crippen LogP contribution in [0.4, 0.5) is 0 Å². The fourth-order valence-corrected chi connectivity index (χ4v) is 3.30. The first-order valence-electron chi connectivity index (χ1n) is 7.18. The lowest BCUT2D eigenvalue weighted by Gasteiger charge is -2.39. The van der Waals surface area contributed by atoms with Gasteiger partial charge in [0.15, 0.2) is 0 Å². The molecule has 0 saturated heterocycles. The smallest absolute Gasteiger partial charge is 0.147 e. The third-order valence-corrected chi connectivity index (χ3v) is 5.14. The number of rotatable bonds is 10. The second kappa shape index (κ2) is 8.16. The lowest BCUT2D eigenvalue weighted by molar-refractivity contribution is 0.200. The first-order valence-corrected chi connectivity index (χ1v) is 9.24. The van der Waals surface area contributed by atoms with E-state index in [9.17, 15) is 8.42 Å². The molecule has 0 aromatic carbocycles. The van der Waals surface area contributed by atoms with Crippen molar-refractivity contribution in [3.05, 3.63) is 0 Å². The second-order valence-electron chi connectivity index (χ2n) is 5.55. The Kier molecular flexibility index (Phi) is 8.11. The van der Waals surface area contributed by atoms with Crippen LogP contribution in [0, 0.1) is 5.92 Å². The summed E-state index contributed by atoms with van der Waals surface area (Å²) < 4.78 is 22.8. The Bertz CT molecular complexity index is 314. The summed E-state index contributed by atoms with van der Waals surface area (Å²) in [7, 11) is -0.907. The SMILES string of the molecule is CCCCCC(CCS(C)(=O)=O)(NC)C(C)CC. The summed E-state index contributed by atoms with van der Waals surface area (Å²) in [5.74, 6) is 0.783. The summed E-state index contributed by atoms with van der Waals surface area (Å²) in [6.45, 7) is 6.60. The zero-order chi connectivity index (χ0) is 14.2. The molecule has 0 spiro atoms. The molecule has 0 aromatic rings. The van der Waals surface area contributed by atoms with E-state index in [1.165, 1.54) is 25.5 Å². The highest BCUT2D eigenvalue weighted by Gasteiger charge is 2.33. The summed E-state index contributed by atoms with van der Waals surface area (Å²) in [6, 6.07) is 0. The van der Waals surface area contributed by atoms with E-state index in [1.807, 2.05) is 7.05 Å². The van der Waals surface area contributed by atoms with Crippen LogP contribution < -0.4 is 5.32 Å². The molecule has 110 valence electrons. The summed E-state index contributed by atoms with van der Waals surface area (Å²) in [5.41, 5.74) is -0.0208. The maximum absolute atomic E-state index is 11.4. The Hall–Kier alpha value is -0.0900. The van der Waals surface area contributed by atoms with E-state index in [2.05, 4.69) is 26.1 Å². The molecule has 0 fully saturated rings. The van der Waals surface area contributed by atoms with Gasteiger partial charge in [-0.2, -0.15) is 0 Å². The quantitative estimate of drug-likeness (QED) is 0.624. The Balaban J connectivity index is 4.75. The van der Waals surface area contributed by atoms with Crippen LogP contribution in [-0.4, -0.2) is 33.0 Å². The number of nitrogens with one attached hydrogen (secondary N) is 1. The summed E-state index contributed by atoms with van der Waals surface area (Å²) >= 11 is 0. The molecule has 0 bridgehead atoms. The summed E-state index contributed by atoms with van der Waals surface area (Å²) in [4.78, 5) is 0. The van der Waals surface area contributed by atoms with Gasteiger partial charge in [0.25, 0.3) is 0 Å². The zero-order valence-corrected chi connectivity index (χ0v) is 13.6. The van der Waals surface area contributed by atoms with Crippen molar-refractivity contribution in [1.29, 1.82) is 0 Å². The average Bonchev–Trinajstić information content (AvgIpc) is 2.32. The van der Waals surface area contributed by atoms with Crippen LogP contribution in [0.25, 0.3) is 0 Å². The minimum atomic E-state index is -2.88. The first-order chi connectivity index (χ1) is 8.31. The van der Waals surface area contributed by atoms with Gasteiger partial charge in [0, 0.05) is 11.8 Å². The van der Waals surface area contributed by atoms with Gasteiger partial charge in [-0.15, -0.1) is 0 Å². The number of hydrogen-bond acceptors (Lipinski definition) is 3. The van der Waals surface area contributed by atoms with Gasteiger partial charge in [0.2, 0.25) is 0 Å². The topological polar surface area (TPSA) is 46.2 Å². The van der Waals surface area contributed by atoms with Crippen LogP contribution in [0.15, 0.2) is 0 Å². The van der Waals surface area contributed by atoms with Crippen molar-refractivity contribution in [3.8, 4) is 0 Å². The first kappa shape index (κ1) is 17.9. The Morgan fingerprint density at radius 1 is 1.17 bits per heavy atom. The molecule has 0 aliphatic heterocycles. The lowest BCUT2D eigenvalue weighted by Crippen LogP contribution is -2.49. The maximum atomic E-state index is 11.4. The molecule has 18 heavy (non-hydrogen) atoms. The number of unbranched alkanes of at least 4 members (excludes halogenated alkanes) is 2. The predicted molar refractivity (Wildman–Crippen MR) is 79.7 cm³/mol. The molecule has 0 aromatic heterocycles. The van der Waals surface area contributed by atoms with Crippen LogP contribution in [0.5, 0.6) is 0 Å². The van der Waals surface area contributed by atoms with Crippen molar-refractivity contribution >= 4 is 9.84 Å². The molecule has 0 amide bonds. The molecule has 2 unspecified atom stereocenters. The van der Waals surface area contributed by atoms with Gasteiger partial charge in [0.05, 0.1) is 5.75 Å². The average molecular weight is 277 g/mol. The highest BCUT2D eigenvalue weighted by Crippen LogP contribution is 2.30. The van der Waals surface area contributed by atoms with E-state index >= 15 is 0 Å². The summed E-state index contributed by atoms with van der Waals surface area (Å²) in [5, 5.41) is 3.43. The van der Waals surface area contributed by atoms with E-state index in [0.29, 0.717) is 5.92 Å². The van der Waals surface area contributed by atoms with E-state index in [1.54, 1.807) is 0 Å². The van der Waals surface area contributed by atoms with Gasteiger partial charge < -0.3 is 5.32 Å².